The Balaban J connectivity index is 0.00000112. The van der Waals surface area contributed by atoms with E-state index in [0.29, 0.717) is 43.2 Å². The lowest BCUT2D eigenvalue weighted by Gasteiger charge is -2.19. The van der Waals surface area contributed by atoms with Crippen LogP contribution in [0.3, 0.4) is 0 Å². The summed E-state index contributed by atoms with van der Waals surface area (Å²) in [5.74, 6) is 0.815. The predicted molar refractivity (Wildman–Crippen MR) is 57.4 cm³/mol. The van der Waals surface area contributed by atoms with Gasteiger partial charge in [-0.25, -0.2) is 4.39 Å². The van der Waals surface area contributed by atoms with Crippen LogP contribution in [0.5, 0.6) is 11.5 Å². The molecule has 2 rings (SSSR count). The molecule has 84 valence electrons. The zero-order valence-electron chi connectivity index (χ0n) is 8.16. The lowest BCUT2D eigenvalue weighted by Crippen LogP contribution is -2.16. The standard InChI is InChI=1S/C10H12FNO2.ClH/c11-8-6-10-9(13-3-4-14-10)5-7(8)1-2-12;/h5-6H,1-4,12H2;1H. The van der Waals surface area contributed by atoms with Crippen molar-refractivity contribution in [2.45, 2.75) is 6.42 Å². The maximum absolute atomic E-state index is 13.4. The highest BCUT2D eigenvalue weighted by atomic mass is 35.5. The molecule has 1 aliphatic heterocycles. The van der Waals surface area contributed by atoms with Crippen molar-refractivity contribution in [3.8, 4) is 11.5 Å². The number of hydrogen-bond donors (Lipinski definition) is 1. The Labute approximate surface area is 93.8 Å². The van der Waals surface area contributed by atoms with Gasteiger partial charge in [0.05, 0.1) is 0 Å². The van der Waals surface area contributed by atoms with Crippen molar-refractivity contribution in [2.24, 2.45) is 5.73 Å². The third-order valence-corrected chi connectivity index (χ3v) is 2.12. The van der Waals surface area contributed by atoms with Crippen molar-refractivity contribution in [3.63, 3.8) is 0 Å². The average molecular weight is 234 g/mol. The van der Waals surface area contributed by atoms with E-state index in [0.717, 1.165) is 0 Å². The van der Waals surface area contributed by atoms with Gasteiger partial charge >= 0.3 is 0 Å². The van der Waals surface area contributed by atoms with Crippen LogP contribution in [0.25, 0.3) is 0 Å². The van der Waals surface area contributed by atoms with Crippen LogP contribution in [0, 0.1) is 5.82 Å². The molecule has 0 spiro atoms. The summed E-state index contributed by atoms with van der Waals surface area (Å²) in [6.07, 6.45) is 0.516. The normalized spacial score (nSPS) is 13.2. The van der Waals surface area contributed by atoms with Gasteiger partial charge in [0.1, 0.15) is 19.0 Å². The molecule has 1 heterocycles. The number of halogens is 2. The fraction of sp³-hybridized carbons (Fsp3) is 0.400. The highest BCUT2D eigenvalue weighted by Crippen LogP contribution is 2.32. The molecule has 0 aliphatic carbocycles. The Morgan fingerprint density at radius 2 is 1.80 bits per heavy atom. The monoisotopic (exact) mass is 233 g/mol. The summed E-state index contributed by atoms with van der Waals surface area (Å²) in [6.45, 7) is 1.42. The molecule has 0 atom stereocenters. The summed E-state index contributed by atoms with van der Waals surface area (Å²) >= 11 is 0. The summed E-state index contributed by atoms with van der Waals surface area (Å²) in [7, 11) is 0. The summed E-state index contributed by atoms with van der Waals surface area (Å²) in [4.78, 5) is 0. The topological polar surface area (TPSA) is 44.5 Å². The maximum Gasteiger partial charge on any atom is 0.164 e. The second kappa shape index (κ2) is 5.19. The molecule has 3 nitrogen and oxygen atoms in total. The third kappa shape index (κ3) is 2.52. The van der Waals surface area contributed by atoms with Gasteiger partial charge in [-0.05, 0) is 24.6 Å². The summed E-state index contributed by atoms with van der Waals surface area (Å²) < 4.78 is 23.9. The number of fused-ring (bicyclic) bond motifs is 1. The maximum atomic E-state index is 13.4. The molecule has 0 radical (unpaired) electrons. The van der Waals surface area contributed by atoms with Crippen molar-refractivity contribution in [3.05, 3.63) is 23.5 Å². The summed E-state index contributed by atoms with van der Waals surface area (Å²) in [6, 6.07) is 3.02. The third-order valence-electron chi connectivity index (χ3n) is 2.12. The molecule has 0 unspecified atom stereocenters. The zero-order valence-corrected chi connectivity index (χ0v) is 8.98. The number of nitrogens with two attached hydrogens (primary N) is 1. The van der Waals surface area contributed by atoms with Crippen molar-refractivity contribution < 1.29 is 13.9 Å². The van der Waals surface area contributed by atoms with Crippen LogP contribution in [-0.2, 0) is 6.42 Å². The first-order chi connectivity index (χ1) is 6.81. The van der Waals surface area contributed by atoms with Gasteiger partial charge in [0.15, 0.2) is 11.5 Å². The number of ether oxygens (including phenoxy) is 2. The number of hydrogen-bond acceptors (Lipinski definition) is 3. The predicted octanol–water partition coefficient (Wildman–Crippen LogP) is 1.52. The molecular formula is C10H13ClFNO2. The summed E-state index contributed by atoms with van der Waals surface area (Å²) in [5.41, 5.74) is 5.95. The van der Waals surface area contributed by atoms with Gasteiger partial charge < -0.3 is 15.2 Å². The van der Waals surface area contributed by atoms with E-state index in [1.165, 1.54) is 6.07 Å². The Morgan fingerprint density at radius 3 is 2.40 bits per heavy atom. The molecule has 15 heavy (non-hydrogen) atoms. The molecule has 0 amide bonds. The Bertz CT molecular complexity index is 346. The van der Waals surface area contributed by atoms with E-state index in [9.17, 15) is 4.39 Å². The quantitative estimate of drug-likeness (QED) is 0.843. The first-order valence-electron chi connectivity index (χ1n) is 4.59. The van der Waals surface area contributed by atoms with E-state index < -0.39 is 0 Å². The molecule has 0 saturated heterocycles. The lowest BCUT2D eigenvalue weighted by atomic mass is 10.1. The van der Waals surface area contributed by atoms with Crippen LogP contribution in [0.1, 0.15) is 5.56 Å². The molecule has 2 N–H and O–H groups in total. The molecule has 1 aromatic rings. The SMILES string of the molecule is Cl.NCCc1cc2c(cc1F)OCCO2. The van der Waals surface area contributed by atoms with Gasteiger partial charge in [0.2, 0.25) is 0 Å². The minimum Gasteiger partial charge on any atom is -0.486 e. The van der Waals surface area contributed by atoms with Gasteiger partial charge in [-0.3, -0.25) is 0 Å². The van der Waals surface area contributed by atoms with Crippen LogP contribution >= 0.6 is 12.4 Å². The number of benzene rings is 1. The first kappa shape index (κ1) is 12.1. The van der Waals surface area contributed by atoms with Crippen LogP contribution in [0.2, 0.25) is 0 Å². The van der Waals surface area contributed by atoms with Gasteiger partial charge in [0, 0.05) is 6.07 Å². The minimum atomic E-state index is -0.278. The van der Waals surface area contributed by atoms with E-state index >= 15 is 0 Å². The average Bonchev–Trinajstić information content (AvgIpc) is 2.19. The van der Waals surface area contributed by atoms with Gasteiger partial charge in [0.25, 0.3) is 0 Å². The van der Waals surface area contributed by atoms with Crippen LogP contribution in [-0.4, -0.2) is 19.8 Å². The molecule has 1 aliphatic rings. The molecule has 0 saturated carbocycles. The van der Waals surface area contributed by atoms with Crippen LogP contribution < -0.4 is 15.2 Å². The number of rotatable bonds is 2. The van der Waals surface area contributed by atoms with E-state index in [1.54, 1.807) is 6.07 Å². The van der Waals surface area contributed by atoms with E-state index in [4.69, 9.17) is 15.2 Å². The van der Waals surface area contributed by atoms with Gasteiger partial charge in [-0.15, -0.1) is 12.4 Å². The minimum absolute atomic E-state index is 0. The first-order valence-corrected chi connectivity index (χ1v) is 4.59. The molecular weight excluding hydrogens is 221 g/mol. The Kier molecular flexibility index (Phi) is 4.17. The van der Waals surface area contributed by atoms with E-state index in [1.807, 2.05) is 0 Å². The highest BCUT2D eigenvalue weighted by Gasteiger charge is 2.15. The largest absolute Gasteiger partial charge is 0.486 e. The zero-order chi connectivity index (χ0) is 9.97. The molecule has 0 aromatic heterocycles. The molecule has 0 bridgehead atoms. The Hall–Kier alpha value is -1.00. The van der Waals surface area contributed by atoms with Crippen LogP contribution in [0.4, 0.5) is 4.39 Å². The smallest absolute Gasteiger partial charge is 0.164 e. The van der Waals surface area contributed by atoms with Crippen molar-refractivity contribution in [2.75, 3.05) is 19.8 Å². The molecule has 5 heteroatoms. The molecule has 0 fully saturated rings. The second-order valence-electron chi connectivity index (χ2n) is 3.13. The van der Waals surface area contributed by atoms with Crippen molar-refractivity contribution in [1.29, 1.82) is 0 Å². The van der Waals surface area contributed by atoms with Crippen molar-refractivity contribution in [1.82, 2.24) is 0 Å². The van der Waals surface area contributed by atoms with Crippen molar-refractivity contribution >= 4 is 12.4 Å². The Morgan fingerprint density at radius 1 is 1.20 bits per heavy atom. The highest BCUT2D eigenvalue weighted by molar-refractivity contribution is 5.85. The lowest BCUT2D eigenvalue weighted by molar-refractivity contribution is 0.170. The van der Waals surface area contributed by atoms with Gasteiger partial charge in [-0.2, -0.15) is 0 Å². The fourth-order valence-electron chi connectivity index (χ4n) is 1.45. The van der Waals surface area contributed by atoms with Crippen LogP contribution in [0.15, 0.2) is 12.1 Å². The van der Waals surface area contributed by atoms with Gasteiger partial charge in [-0.1, -0.05) is 0 Å². The van der Waals surface area contributed by atoms with E-state index in [-0.39, 0.29) is 18.2 Å². The van der Waals surface area contributed by atoms with E-state index in [2.05, 4.69) is 0 Å². The molecule has 1 aromatic carbocycles. The second-order valence-corrected chi connectivity index (χ2v) is 3.13. The summed E-state index contributed by atoms with van der Waals surface area (Å²) in [5, 5.41) is 0. The fourth-order valence-corrected chi connectivity index (χ4v) is 1.45.